The molecule has 0 bridgehead atoms. The quantitative estimate of drug-likeness (QED) is 0.0592. The molecule has 5 aliphatic rings. The van der Waals surface area contributed by atoms with Crippen LogP contribution in [0.1, 0.15) is 149 Å². The van der Waals surface area contributed by atoms with Gasteiger partial charge in [0.2, 0.25) is 0 Å². The normalized spacial score (nSPS) is 33.4. The molecule has 0 spiro atoms. The molecule has 0 aromatic carbocycles. The number of carbonyl (C=O) groups is 3. The number of unbranched alkanes of at least 4 members (excludes halogenated alkanes) is 1. The molecule has 4 aliphatic carbocycles. The molecule has 12 heteroatoms. The molecular formula is C43H77N5O7. The van der Waals surface area contributed by atoms with Crippen LogP contribution in [0.5, 0.6) is 0 Å². The molecule has 4 saturated carbocycles. The van der Waals surface area contributed by atoms with Gasteiger partial charge in [-0.05, 0) is 167 Å². The predicted molar refractivity (Wildman–Crippen MR) is 215 cm³/mol. The van der Waals surface area contributed by atoms with Crippen molar-refractivity contribution in [2.45, 2.75) is 192 Å². The fourth-order valence-electron chi connectivity index (χ4n) is 9.82. The highest BCUT2D eigenvalue weighted by Gasteiger charge is 2.34. The summed E-state index contributed by atoms with van der Waals surface area (Å²) in [4.78, 5) is 40.2. The maximum Gasteiger partial charge on any atom is 0.407 e. The summed E-state index contributed by atoms with van der Waals surface area (Å²) in [6, 6.07) is 1.72. The lowest BCUT2D eigenvalue weighted by atomic mass is 9.76. The van der Waals surface area contributed by atoms with Crippen LogP contribution < -0.4 is 21.3 Å². The van der Waals surface area contributed by atoms with Crippen LogP contribution in [0.2, 0.25) is 0 Å². The summed E-state index contributed by atoms with van der Waals surface area (Å²) in [5, 5.41) is 12.7. The number of carbonyl (C=O) groups excluding carboxylic acids is 3. The predicted octanol–water partition coefficient (Wildman–Crippen LogP) is 7.68. The fourth-order valence-corrected chi connectivity index (χ4v) is 9.82. The second-order valence-corrected chi connectivity index (χ2v) is 18.1. The van der Waals surface area contributed by atoms with Crippen molar-refractivity contribution in [1.29, 1.82) is 0 Å². The van der Waals surface area contributed by atoms with Crippen molar-refractivity contribution >= 4 is 18.3 Å². The first-order valence-electron chi connectivity index (χ1n) is 22.5. The topological polar surface area (TPSA) is 139 Å². The summed E-state index contributed by atoms with van der Waals surface area (Å²) >= 11 is 0. The molecule has 0 aromatic heterocycles. The van der Waals surface area contributed by atoms with Gasteiger partial charge in [0.05, 0.1) is 6.61 Å². The van der Waals surface area contributed by atoms with E-state index in [0.717, 1.165) is 102 Å². The summed E-state index contributed by atoms with van der Waals surface area (Å²) in [5.41, 5.74) is 0. The first-order valence-corrected chi connectivity index (χ1v) is 22.5. The molecule has 0 radical (unpaired) electrons. The SMILES string of the molecule is CCCCOCC(CN1CC1C)OC(=O)NC1CCC(CC2CCC(NC(=O)OCC(C)OC(=O)NC3CCC(CC4CCC(NC)CC4)CC3)CC2)CC1. The third-order valence-electron chi connectivity index (χ3n) is 13.5. The Kier molecular flexibility index (Phi) is 18.5. The minimum Gasteiger partial charge on any atom is -0.446 e. The molecule has 0 aromatic rings. The zero-order valence-corrected chi connectivity index (χ0v) is 34.8. The highest BCUT2D eigenvalue weighted by molar-refractivity contribution is 5.69. The number of hydrogen-bond acceptors (Lipinski definition) is 9. The Hall–Kier alpha value is -2.31. The maximum absolute atomic E-state index is 12.8. The van der Waals surface area contributed by atoms with E-state index in [1.165, 1.54) is 51.4 Å². The van der Waals surface area contributed by atoms with Crippen molar-refractivity contribution in [1.82, 2.24) is 26.2 Å². The van der Waals surface area contributed by atoms with E-state index in [9.17, 15) is 14.4 Å². The van der Waals surface area contributed by atoms with Gasteiger partial charge >= 0.3 is 18.3 Å². The van der Waals surface area contributed by atoms with Gasteiger partial charge in [-0.15, -0.1) is 0 Å². The molecule has 4 atom stereocenters. The zero-order valence-electron chi connectivity index (χ0n) is 34.8. The molecule has 12 nitrogen and oxygen atoms in total. The van der Waals surface area contributed by atoms with E-state index in [4.69, 9.17) is 18.9 Å². The highest BCUT2D eigenvalue weighted by atomic mass is 16.6. The van der Waals surface area contributed by atoms with Crippen molar-refractivity contribution in [3.05, 3.63) is 0 Å². The number of nitrogens with one attached hydrogen (secondary N) is 4. The molecule has 3 amide bonds. The number of hydrogen-bond donors (Lipinski definition) is 4. The Bertz CT molecular complexity index is 1130. The van der Waals surface area contributed by atoms with Gasteiger partial charge in [-0.1, -0.05) is 13.3 Å². The van der Waals surface area contributed by atoms with Crippen LogP contribution in [0.15, 0.2) is 0 Å². The minimum absolute atomic E-state index is 0.0400. The Morgan fingerprint density at radius 3 is 1.51 bits per heavy atom. The second kappa shape index (κ2) is 23.2. The first kappa shape index (κ1) is 43.8. The largest absolute Gasteiger partial charge is 0.446 e. The number of ether oxygens (including phenoxy) is 4. The van der Waals surface area contributed by atoms with Gasteiger partial charge in [-0.3, -0.25) is 4.90 Å². The van der Waals surface area contributed by atoms with E-state index < -0.39 is 18.3 Å². The molecule has 4 N–H and O–H groups in total. The van der Waals surface area contributed by atoms with E-state index in [-0.39, 0.29) is 36.9 Å². The molecule has 5 fully saturated rings. The Morgan fingerprint density at radius 1 is 0.636 bits per heavy atom. The molecule has 5 rings (SSSR count). The Labute approximate surface area is 332 Å². The Balaban J connectivity index is 0.865. The summed E-state index contributed by atoms with van der Waals surface area (Å²) in [6.07, 6.45) is 20.8. The van der Waals surface area contributed by atoms with Gasteiger partial charge in [0, 0.05) is 49.9 Å². The van der Waals surface area contributed by atoms with Crippen LogP contribution >= 0.6 is 0 Å². The van der Waals surface area contributed by atoms with Crippen LogP contribution in [0.25, 0.3) is 0 Å². The van der Waals surface area contributed by atoms with Gasteiger partial charge in [-0.25, -0.2) is 14.4 Å². The lowest BCUT2D eigenvalue weighted by molar-refractivity contribution is 0.0108. The smallest absolute Gasteiger partial charge is 0.407 e. The van der Waals surface area contributed by atoms with Crippen LogP contribution in [0.3, 0.4) is 0 Å². The fraction of sp³-hybridized carbons (Fsp3) is 0.930. The summed E-state index contributed by atoms with van der Waals surface area (Å²) in [6.45, 7) is 9.10. The summed E-state index contributed by atoms with van der Waals surface area (Å²) in [5.74, 6) is 3.00. The van der Waals surface area contributed by atoms with Crippen LogP contribution in [-0.4, -0.2) is 106 Å². The lowest BCUT2D eigenvalue weighted by Gasteiger charge is -2.34. The molecular weight excluding hydrogens is 699 g/mol. The molecule has 4 unspecified atom stereocenters. The molecule has 1 saturated heterocycles. The second-order valence-electron chi connectivity index (χ2n) is 18.1. The average Bonchev–Trinajstić information content (AvgIpc) is 3.88. The molecule has 1 aliphatic heterocycles. The molecule has 55 heavy (non-hydrogen) atoms. The number of rotatable bonds is 19. The van der Waals surface area contributed by atoms with Gasteiger partial charge in [0.1, 0.15) is 18.8 Å². The third-order valence-corrected chi connectivity index (χ3v) is 13.5. The zero-order chi connectivity index (χ0) is 39.0. The first-order chi connectivity index (χ1) is 26.6. The van der Waals surface area contributed by atoms with Gasteiger partial charge in [0.15, 0.2) is 0 Å². The van der Waals surface area contributed by atoms with Gasteiger partial charge < -0.3 is 40.2 Å². The standard InChI is InChI=1S/C43H77N5O7/c1-5-6-23-52-29-40(27-48-26-30(48)2)55-43(51)47-39-21-13-35(14-22-39)25-33-9-17-37(18-10-33)45-41(49)53-28-31(3)54-42(50)46-38-19-11-34(12-20-38)24-32-7-15-36(44-4)16-8-32/h30-40,44H,5-29H2,1-4H3,(H,45,49)(H,46,50)(H,47,51). The average molecular weight is 776 g/mol. The summed E-state index contributed by atoms with van der Waals surface area (Å²) in [7, 11) is 2.08. The van der Waals surface area contributed by atoms with Crippen molar-refractivity contribution < 1.29 is 33.3 Å². The number of alkyl carbamates (subject to hydrolysis) is 3. The highest BCUT2D eigenvalue weighted by Crippen LogP contribution is 2.37. The van der Waals surface area contributed by atoms with E-state index in [1.54, 1.807) is 6.92 Å². The van der Waals surface area contributed by atoms with Crippen LogP contribution in [0, 0.1) is 23.7 Å². The van der Waals surface area contributed by atoms with Crippen LogP contribution in [-0.2, 0) is 18.9 Å². The number of nitrogens with zero attached hydrogens (tertiary/aromatic N) is 1. The Morgan fingerprint density at radius 2 is 1.07 bits per heavy atom. The van der Waals surface area contributed by atoms with Crippen molar-refractivity contribution in [2.24, 2.45) is 23.7 Å². The van der Waals surface area contributed by atoms with E-state index in [2.05, 4.69) is 47.1 Å². The molecule has 316 valence electrons. The van der Waals surface area contributed by atoms with Gasteiger partial charge in [-0.2, -0.15) is 0 Å². The lowest BCUT2D eigenvalue weighted by Crippen LogP contribution is -2.42. The van der Waals surface area contributed by atoms with E-state index in [1.807, 2.05) is 0 Å². The van der Waals surface area contributed by atoms with Crippen molar-refractivity contribution in [2.75, 3.05) is 40.0 Å². The third kappa shape index (κ3) is 16.2. The van der Waals surface area contributed by atoms with Crippen molar-refractivity contribution in [3.8, 4) is 0 Å². The van der Waals surface area contributed by atoms with Crippen molar-refractivity contribution in [3.63, 3.8) is 0 Å². The van der Waals surface area contributed by atoms with E-state index in [0.29, 0.717) is 37.1 Å². The van der Waals surface area contributed by atoms with E-state index >= 15 is 0 Å². The monoisotopic (exact) mass is 776 g/mol. The minimum atomic E-state index is -0.511. The summed E-state index contributed by atoms with van der Waals surface area (Å²) < 4.78 is 22.6. The molecule has 1 heterocycles. The van der Waals surface area contributed by atoms with Crippen LogP contribution in [0.4, 0.5) is 14.4 Å². The van der Waals surface area contributed by atoms with Gasteiger partial charge in [0.25, 0.3) is 0 Å². The maximum atomic E-state index is 12.8. The number of amides is 3.